The molecule has 0 spiro atoms. The van der Waals surface area contributed by atoms with E-state index in [1.807, 2.05) is 0 Å². The lowest BCUT2D eigenvalue weighted by molar-refractivity contribution is -0.632. The van der Waals surface area contributed by atoms with E-state index in [1.54, 1.807) is 18.2 Å². The minimum atomic E-state index is -0.992. The average Bonchev–Trinajstić information content (AvgIpc) is 2.25. The number of nitrogens with zero attached hydrogens (tertiary/aromatic N) is 4. The molecule has 1 fully saturated rings. The van der Waals surface area contributed by atoms with Crippen molar-refractivity contribution in [3.05, 3.63) is 45.2 Å². The maximum Gasteiger partial charge on any atom is 0.224 e. The van der Waals surface area contributed by atoms with E-state index < -0.39 is 5.60 Å². The fraction of sp³-hybridized carbons (Fsp3) is 0.500. The highest BCUT2D eigenvalue weighted by Crippen LogP contribution is 2.39. The third kappa shape index (κ3) is 1.68. The van der Waals surface area contributed by atoms with Crippen LogP contribution in [0.3, 0.4) is 0 Å². The molecule has 0 bridgehead atoms. The van der Waals surface area contributed by atoms with Crippen molar-refractivity contribution < 1.29 is 9.84 Å². The van der Waals surface area contributed by atoms with Gasteiger partial charge in [-0.2, -0.15) is 4.73 Å². The van der Waals surface area contributed by atoms with Gasteiger partial charge in [0.15, 0.2) is 5.69 Å². The highest BCUT2D eigenvalue weighted by Gasteiger charge is 2.42. The van der Waals surface area contributed by atoms with E-state index in [0.29, 0.717) is 29.0 Å². The van der Waals surface area contributed by atoms with Crippen molar-refractivity contribution in [1.29, 1.82) is 0 Å². The minimum absolute atomic E-state index is 0.00389. The molecule has 1 aliphatic rings. The van der Waals surface area contributed by atoms with Crippen LogP contribution in [0.4, 0.5) is 0 Å². The first-order valence-electron chi connectivity index (χ1n) is 5.12. The van der Waals surface area contributed by atoms with Gasteiger partial charge in [0, 0.05) is 17.0 Å². The first-order valence-corrected chi connectivity index (χ1v) is 5.12. The van der Waals surface area contributed by atoms with Crippen LogP contribution in [0, 0.1) is 5.21 Å². The molecule has 84 valence electrons. The lowest BCUT2D eigenvalue weighted by Gasteiger charge is -2.34. The summed E-state index contributed by atoms with van der Waals surface area (Å²) in [5.74, 6) is 0. The molecule has 0 aliphatic heterocycles. The first-order chi connectivity index (χ1) is 7.67. The molecule has 0 unspecified atom stereocenters. The van der Waals surface area contributed by atoms with Crippen molar-refractivity contribution in [2.45, 2.75) is 31.4 Å². The van der Waals surface area contributed by atoms with Gasteiger partial charge in [-0.1, -0.05) is 5.11 Å². The van der Waals surface area contributed by atoms with Crippen molar-refractivity contribution in [3.63, 3.8) is 0 Å². The molecular formula is C10H12N4O2. The Kier molecular flexibility index (Phi) is 2.68. The van der Waals surface area contributed by atoms with Gasteiger partial charge in [-0.05, 0) is 30.9 Å². The molecular weight excluding hydrogens is 208 g/mol. The Balaban J connectivity index is 2.36. The van der Waals surface area contributed by atoms with E-state index in [1.165, 1.54) is 0 Å². The van der Waals surface area contributed by atoms with E-state index >= 15 is 0 Å². The van der Waals surface area contributed by atoms with Crippen LogP contribution in [0.15, 0.2) is 23.3 Å². The standard InChI is InChI=1S/C10H12N4O2/c11-13-12-7-8-3-1-4-9(14(8)16)10(15)5-2-6-10/h1,3-4,15H,2,5-7H2. The molecule has 0 atom stereocenters. The minimum Gasteiger partial charge on any atom is -0.618 e. The van der Waals surface area contributed by atoms with Crippen LogP contribution in [-0.4, -0.2) is 5.11 Å². The van der Waals surface area contributed by atoms with Crippen molar-refractivity contribution in [3.8, 4) is 0 Å². The SMILES string of the molecule is [N-]=[N+]=NCc1cccc(C2(O)CCC2)[n+]1[O-]. The molecule has 1 aromatic rings. The van der Waals surface area contributed by atoms with Crippen LogP contribution < -0.4 is 4.73 Å². The molecule has 1 heterocycles. The molecule has 6 heteroatoms. The molecule has 1 N–H and O–H groups in total. The monoisotopic (exact) mass is 220 g/mol. The van der Waals surface area contributed by atoms with Gasteiger partial charge in [-0.15, -0.1) is 0 Å². The fourth-order valence-electron chi connectivity index (χ4n) is 1.87. The van der Waals surface area contributed by atoms with E-state index in [4.69, 9.17) is 5.53 Å². The molecule has 6 nitrogen and oxygen atoms in total. The van der Waals surface area contributed by atoms with E-state index in [9.17, 15) is 10.3 Å². The molecule has 1 aliphatic carbocycles. The third-order valence-corrected chi connectivity index (χ3v) is 2.98. The molecule has 1 aromatic heterocycles. The summed E-state index contributed by atoms with van der Waals surface area (Å²) < 4.78 is 0.674. The smallest absolute Gasteiger partial charge is 0.224 e. The second-order valence-electron chi connectivity index (χ2n) is 3.97. The number of azide groups is 1. The van der Waals surface area contributed by atoms with Gasteiger partial charge in [0.25, 0.3) is 0 Å². The predicted molar refractivity (Wildman–Crippen MR) is 56.0 cm³/mol. The normalized spacial score (nSPS) is 17.3. The molecule has 0 aromatic carbocycles. The molecule has 16 heavy (non-hydrogen) atoms. The number of pyridine rings is 1. The molecule has 0 amide bonds. The topological polar surface area (TPSA) is 95.9 Å². The van der Waals surface area contributed by atoms with Crippen LogP contribution >= 0.6 is 0 Å². The summed E-state index contributed by atoms with van der Waals surface area (Å²) in [4.78, 5) is 2.61. The summed E-state index contributed by atoms with van der Waals surface area (Å²) >= 11 is 0. The second kappa shape index (κ2) is 4.00. The number of rotatable bonds is 3. The lowest BCUT2D eigenvalue weighted by atomic mass is 9.77. The van der Waals surface area contributed by atoms with Crippen molar-refractivity contribution in [2.75, 3.05) is 0 Å². The summed E-state index contributed by atoms with van der Waals surface area (Å²) in [5, 5.41) is 25.3. The van der Waals surface area contributed by atoms with Gasteiger partial charge in [0.2, 0.25) is 5.69 Å². The Labute approximate surface area is 92.4 Å². The Hall–Kier alpha value is -1.78. The van der Waals surface area contributed by atoms with Gasteiger partial charge < -0.3 is 10.3 Å². The molecule has 1 saturated carbocycles. The highest BCUT2D eigenvalue weighted by atomic mass is 16.5. The summed E-state index contributed by atoms with van der Waals surface area (Å²) in [6, 6.07) is 4.90. The van der Waals surface area contributed by atoms with Gasteiger partial charge in [-0.3, -0.25) is 0 Å². The summed E-state index contributed by atoms with van der Waals surface area (Å²) in [5.41, 5.74) is 7.92. The Morgan fingerprint density at radius 2 is 2.31 bits per heavy atom. The second-order valence-corrected chi connectivity index (χ2v) is 3.97. The fourth-order valence-corrected chi connectivity index (χ4v) is 1.87. The van der Waals surface area contributed by atoms with Crippen LogP contribution in [0.5, 0.6) is 0 Å². The maximum atomic E-state index is 11.9. The van der Waals surface area contributed by atoms with Crippen LogP contribution in [0.25, 0.3) is 10.4 Å². The van der Waals surface area contributed by atoms with Crippen LogP contribution in [-0.2, 0) is 12.1 Å². The largest absolute Gasteiger partial charge is 0.618 e. The summed E-state index contributed by atoms with van der Waals surface area (Å²) in [7, 11) is 0. The summed E-state index contributed by atoms with van der Waals surface area (Å²) in [6.45, 7) is 0.00389. The van der Waals surface area contributed by atoms with E-state index in [-0.39, 0.29) is 6.54 Å². The van der Waals surface area contributed by atoms with E-state index in [2.05, 4.69) is 10.0 Å². The zero-order valence-electron chi connectivity index (χ0n) is 8.70. The quantitative estimate of drug-likeness (QED) is 0.274. The number of aromatic nitrogens is 1. The van der Waals surface area contributed by atoms with Crippen LogP contribution in [0.1, 0.15) is 30.7 Å². The van der Waals surface area contributed by atoms with Gasteiger partial charge >= 0.3 is 0 Å². The maximum absolute atomic E-state index is 11.9. The average molecular weight is 220 g/mol. The van der Waals surface area contributed by atoms with Crippen molar-refractivity contribution >= 4 is 0 Å². The van der Waals surface area contributed by atoms with Crippen molar-refractivity contribution in [2.24, 2.45) is 5.11 Å². The van der Waals surface area contributed by atoms with Gasteiger partial charge in [-0.25, -0.2) is 0 Å². The van der Waals surface area contributed by atoms with Gasteiger partial charge in [0.05, 0.1) is 0 Å². The number of aliphatic hydroxyl groups is 1. The van der Waals surface area contributed by atoms with Crippen LogP contribution in [0.2, 0.25) is 0 Å². The van der Waals surface area contributed by atoms with Gasteiger partial charge in [0.1, 0.15) is 12.1 Å². The molecule has 2 rings (SSSR count). The third-order valence-electron chi connectivity index (χ3n) is 2.98. The molecule has 0 saturated heterocycles. The van der Waals surface area contributed by atoms with E-state index in [0.717, 1.165) is 6.42 Å². The predicted octanol–water partition coefficient (Wildman–Crippen LogP) is 1.50. The lowest BCUT2D eigenvalue weighted by Crippen LogP contribution is -2.48. The van der Waals surface area contributed by atoms with Crippen molar-refractivity contribution in [1.82, 2.24) is 0 Å². The Morgan fingerprint density at radius 1 is 1.56 bits per heavy atom. The zero-order valence-corrected chi connectivity index (χ0v) is 8.70. The zero-order chi connectivity index (χ0) is 11.6. The molecule has 0 radical (unpaired) electrons. The Bertz CT molecular complexity index is 450. The Morgan fingerprint density at radius 3 is 2.88 bits per heavy atom. The highest BCUT2D eigenvalue weighted by molar-refractivity contribution is 5.14. The first kappa shape index (κ1) is 10.7. The number of hydrogen-bond acceptors (Lipinski definition) is 3. The number of hydrogen-bond donors (Lipinski definition) is 1. The summed E-state index contributed by atoms with van der Waals surface area (Å²) in [6.07, 6.45) is 2.15.